The van der Waals surface area contributed by atoms with E-state index in [-0.39, 0.29) is 11.7 Å². The van der Waals surface area contributed by atoms with E-state index in [0.717, 1.165) is 36.3 Å². The molecule has 0 spiro atoms. The van der Waals surface area contributed by atoms with Crippen LogP contribution < -0.4 is 4.90 Å². The van der Waals surface area contributed by atoms with E-state index in [4.69, 9.17) is 0 Å². The van der Waals surface area contributed by atoms with Gasteiger partial charge in [-0.3, -0.25) is 9.69 Å². The van der Waals surface area contributed by atoms with Crippen molar-refractivity contribution in [1.29, 1.82) is 0 Å². The van der Waals surface area contributed by atoms with Crippen LogP contribution in [0.2, 0.25) is 0 Å². The molecule has 0 fully saturated rings. The van der Waals surface area contributed by atoms with Crippen LogP contribution in [-0.2, 0) is 6.42 Å². The van der Waals surface area contributed by atoms with E-state index in [1.54, 1.807) is 11.0 Å². The van der Waals surface area contributed by atoms with Crippen LogP contribution in [0, 0.1) is 5.82 Å². The predicted octanol–water partition coefficient (Wildman–Crippen LogP) is 6.01. The molecule has 33 heavy (non-hydrogen) atoms. The summed E-state index contributed by atoms with van der Waals surface area (Å²) in [6.07, 6.45) is 0.824. The molecule has 1 amide bonds. The van der Waals surface area contributed by atoms with Crippen LogP contribution >= 0.6 is 11.3 Å². The van der Waals surface area contributed by atoms with Crippen molar-refractivity contribution in [2.45, 2.75) is 20.3 Å². The number of fused-ring (bicyclic) bond motifs is 1. The molecule has 1 heterocycles. The summed E-state index contributed by atoms with van der Waals surface area (Å²) in [6, 6.07) is 22.6. The van der Waals surface area contributed by atoms with Gasteiger partial charge in [0.05, 0.1) is 10.2 Å². The second-order valence-electron chi connectivity index (χ2n) is 7.95. The van der Waals surface area contributed by atoms with Crippen molar-refractivity contribution in [3.63, 3.8) is 0 Å². The van der Waals surface area contributed by atoms with Gasteiger partial charge in [0.15, 0.2) is 5.13 Å². The Morgan fingerprint density at radius 3 is 2.30 bits per heavy atom. The number of benzene rings is 3. The quantitative estimate of drug-likeness (QED) is 0.306. The Labute approximate surface area is 198 Å². The topological polar surface area (TPSA) is 36.4 Å². The van der Waals surface area contributed by atoms with E-state index in [1.807, 2.05) is 42.5 Å². The number of halogens is 1. The minimum absolute atomic E-state index is 0.0899. The summed E-state index contributed by atoms with van der Waals surface area (Å²) in [5.41, 5.74) is 3.72. The second-order valence-corrected chi connectivity index (χ2v) is 8.96. The number of thiazole rings is 1. The highest BCUT2D eigenvalue weighted by Crippen LogP contribution is 2.30. The summed E-state index contributed by atoms with van der Waals surface area (Å²) >= 11 is 1.35. The molecule has 6 heteroatoms. The van der Waals surface area contributed by atoms with Crippen LogP contribution in [0.5, 0.6) is 0 Å². The molecule has 4 rings (SSSR count). The van der Waals surface area contributed by atoms with Crippen LogP contribution in [0.4, 0.5) is 9.52 Å². The van der Waals surface area contributed by atoms with Gasteiger partial charge in [0.2, 0.25) is 0 Å². The molecule has 170 valence electrons. The lowest BCUT2D eigenvalue weighted by Crippen LogP contribution is -2.38. The zero-order chi connectivity index (χ0) is 23.2. The summed E-state index contributed by atoms with van der Waals surface area (Å²) in [7, 11) is 0. The lowest BCUT2D eigenvalue weighted by Gasteiger charge is -2.24. The van der Waals surface area contributed by atoms with Crippen molar-refractivity contribution < 1.29 is 9.18 Å². The Hall–Kier alpha value is -3.09. The number of aromatic nitrogens is 1. The molecule has 0 saturated carbocycles. The van der Waals surface area contributed by atoms with Crippen molar-refractivity contribution in [3.8, 4) is 0 Å². The Kier molecular flexibility index (Phi) is 7.47. The SMILES string of the molecule is CCN(CC)CCN(C(=O)c1ccc(Cc2ccccc2)cc1)c1nc2ccc(F)cc2s1. The second kappa shape index (κ2) is 10.7. The van der Waals surface area contributed by atoms with Gasteiger partial charge in [0.25, 0.3) is 5.91 Å². The third kappa shape index (κ3) is 5.64. The van der Waals surface area contributed by atoms with Gasteiger partial charge in [-0.25, -0.2) is 9.37 Å². The number of nitrogens with zero attached hydrogens (tertiary/aromatic N) is 3. The first-order valence-corrected chi connectivity index (χ1v) is 12.1. The first kappa shape index (κ1) is 23.1. The molecule has 0 bridgehead atoms. The zero-order valence-corrected chi connectivity index (χ0v) is 19.8. The molecule has 0 radical (unpaired) electrons. The van der Waals surface area contributed by atoms with E-state index in [0.29, 0.717) is 22.8 Å². The maximum absolute atomic E-state index is 13.7. The number of hydrogen-bond donors (Lipinski definition) is 0. The molecule has 0 aliphatic carbocycles. The molecule has 1 aromatic heterocycles. The number of carbonyl (C=O) groups is 1. The third-order valence-corrected chi connectivity index (χ3v) is 6.84. The van der Waals surface area contributed by atoms with Crippen molar-refractivity contribution in [3.05, 3.63) is 95.3 Å². The van der Waals surface area contributed by atoms with E-state index in [9.17, 15) is 9.18 Å². The molecule has 4 aromatic rings. The lowest BCUT2D eigenvalue weighted by atomic mass is 10.0. The number of amides is 1. The van der Waals surface area contributed by atoms with Crippen LogP contribution in [0.25, 0.3) is 10.2 Å². The van der Waals surface area contributed by atoms with Gasteiger partial charge < -0.3 is 4.90 Å². The molecule has 4 nitrogen and oxygen atoms in total. The summed E-state index contributed by atoms with van der Waals surface area (Å²) < 4.78 is 14.4. The zero-order valence-electron chi connectivity index (χ0n) is 19.0. The summed E-state index contributed by atoms with van der Waals surface area (Å²) in [6.45, 7) is 7.32. The number of rotatable bonds is 9. The monoisotopic (exact) mass is 461 g/mol. The van der Waals surface area contributed by atoms with Crippen molar-refractivity contribution in [2.24, 2.45) is 0 Å². The minimum Gasteiger partial charge on any atom is -0.302 e. The highest BCUT2D eigenvalue weighted by Gasteiger charge is 2.22. The van der Waals surface area contributed by atoms with Crippen molar-refractivity contribution in [1.82, 2.24) is 9.88 Å². The maximum Gasteiger partial charge on any atom is 0.260 e. The van der Waals surface area contributed by atoms with Gasteiger partial charge in [-0.15, -0.1) is 0 Å². The summed E-state index contributed by atoms with van der Waals surface area (Å²) in [4.78, 5) is 22.2. The lowest BCUT2D eigenvalue weighted by molar-refractivity contribution is 0.0984. The first-order chi connectivity index (χ1) is 16.1. The van der Waals surface area contributed by atoms with Crippen molar-refractivity contribution >= 4 is 32.6 Å². The Bertz CT molecular complexity index is 1200. The van der Waals surface area contributed by atoms with E-state index >= 15 is 0 Å². The van der Waals surface area contributed by atoms with E-state index in [1.165, 1.54) is 29.0 Å². The molecule has 0 saturated heterocycles. The van der Waals surface area contributed by atoms with Crippen LogP contribution in [0.15, 0.2) is 72.8 Å². The largest absolute Gasteiger partial charge is 0.302 e. The summed E-state index contributed by atoms with van der Waals surface area (Å²) in [5, 5.41) is 0.598. The van der Waals surface area contributed by atoms with Crippen LogP contribution in [0.3, 0.4) is 0 Å². The molecule has 3 aromatic carbocycles. The normalized spacial score (nSPS) is 11.3. The Morgan fingerprint density at radius 2 is 1.61 bits per heavy atom. The number of carbonyl (C=O) groups excluding carboxylic acids is 1. The molecule has 0 N–H and O–H groups in total. The molecule has 0 unspecified atom stereocenters. The maximum atomic E-state index is 13.7. The molecule has 0 aliphatic heterocycles. The smallest absolute Gasteiger partial charge is 0.260 e. The molecule has 0 atom stereocenters. The molecular formula is C27H28FN3OS. The predicted molar refractivity (Wildman–Crippen MR) is 135 cm³/mol. The third-order valence-electron chi connectivity index (χ3n) is 5.80. The number of likely N-dealkylation sites (N-methyl/N-ethyl adjacent to an activating group) is 1. The Morgan fingerprint density at radius 1 is 0.909 bits per heavy atom. The fourth-order valence-corrected chi connectivity index (χ4v) is 4.83. The van der Waals surface area contributed by atoms with Gasteiger partial charge in [0.1, 0.15) is 5.82 Å². The van der Waals surface area contributed by atoms with Crippen LogP contribution in [-0.4, -0.2) is 42.0 Å². The highest BCUT2D eigenvalue weighted by atomic mass is 32.1. The van der Waals surface area contributed by atoms with Crippen LogP contribution in [0.1, 0.15) is 35.3 Å². The molecular weight excluding hydrogens is 433 g/mol. The van der Waals surface area contributed by atoms with Gasteiger partial charge in [-0.1, -0.05) is 67.6 Å². The minimum atomic E-state index is -0.298. The van der Waals surface area contributed by atoms with Crippen molar-refractivity contribution in [2.75, 3.05) is 31.1 Å². The highest BCUT2D eigenvalue weighted by molar-refractivity contribution is 7.22. The average molecular weight is 462 g/mol. The molecule has 0 aliphatic rings. The first-order valence-electron chi connectivity index (χ1n) is 11.3. The fraction of sp³-hybridized carbons (Fsp3) is 0.259. The number of hydrogen-bond acceptors (Lipinski definition) is 4. The fourth-order valence-electron chi connectivity index (χ4n) is 3.82. The van der Waals surface area contributed by atoms with Gasteiger partial charge >= 0.3 is 0 Å². The standard InChI is InChI=1S/C27H28FN3OS/c1-3-30(4-2)16-17-31(27-29-24-15-14-23(28)19-25(24)33-27)26(32)22-12-10-21(11-13-22)18-20-8-6-5-7-9-20/h5-15,19H,3-4,16-18H2,1-2H3. The number of anilines is 1. The average Bonchev–Trinajstić information content (AvgIpc) is 3.25. The van der Waals surface area contributed by atoms with Gasteiger partial charge in [-0.2, -0.15) is 0 Å². The Balaban J connectivity index is 1.59. The summed E-state index contributed by atoms with van der Waals surface area (Å²) in [5.74, 6) is -0.388. The van der Waals surface area contributed by atoms with E-state index < -0.39 is 0 Å². The van der Waals surface area contributed by atoms with Gasteiger partial charge in [0, 0.05) is 18.7 Å². The van der Waals surface area contributed by atoms with E-state index in [2.05, 4.69) is 35.9 Å². The van der Waals surface area contributed by atoms with Gasteiger partial charge in [-0.05, 0) is 61.0 Å².